The van der Waals surface area contributed by atoms with Crippen LogP contribution in [0.3, 0.4) is 0 Å². The van der Waals surface area contributed by atoms with Crippen molar-refractivity contribution >= 4 is 23.0 Å². The van der Waals surface area contributed by atoms with E-state index in [1.54, 1.807) is 0 Å². The summed E-state index contributed by atoms with van der Waals surface area (Å²) in [6.07, 6.45) is 6.26. The molecule has 0 bridgehead atoms. The number of benzene rings is 1. The van der Waals surface area contributed by atoms with E-state index in [0.717, 1.165) is 42.0 Å². The second-order valence-corrected chi connectivity index (χ2v) is 5.87. The molecule has 3 rings (SSSR count). The van der Waals surface area contributed by atoms with Crippen molar-refractivity contribution in [3.05, 3.63) is 17.7 Å². The van der Waals surface area contributed by atoms with E-state index in [2.05, 4.69) is 23.2 Å². The van der Waals surface area contributed by atoms with Crippen molar-refractivity contribution in [3.63, 3.8) is 0 Å². The molecule has 0 spiro atoms. The summed E-state index contributed by atoms with van der Waals surface area (Å²) in [5.74, 6) is 0.110. The van der Waals surface area contributed by atoms with Crippen LogP contribution < -0.4 is 16.0 Å². The number of nitrogens with one attached hydrogen (secondary N) is 1. The van der Waals surface area contributed by atoms with Gasteiger partial charge in [-0.3, -0.25) is 4.79 Å². The lowest BCUT2D eigenvalue weighted by Gasteiger charge is -2.38. The summed E-state index contributed by atoms with van der Waals surface area (Å²) < 4.78 is 0. The van der Waals surface area contributed by atoms with Crippen LogP contribution in [0.5, 0.6) is 0 Å². The van der Waals surface area contributed by atoms with Crippen molar-refractivity contribution in [2.75, 3.05) is 22.5 Å². The Labute approximate surface area is 120 Å². The number of aryl methyl sites for hydroxylation is 1. The molecule has 1 atom stereocenters. The summed E-state index contributed by atoms with van der Waals surface area (Å²) in [5.41, 5.74) is 10.3. The highest BCUT2D eigenvalue weighted by atomic mass is 16.1. The van der Waals surface area contributed by atoms with Gasteiger partial charge in [0.15, 0.2) is 0 Å². The number of amides is 1. The first-order valence-corrected chi connectivity index (χ1v) is 7.68. The van der Waals surface area contributed by atoms with Crippen molar-refractivity contribution in [2.24, 2.45) is 0 Å². The molecule has 2 aliphatic heterocycles. The molecular weight excluding hydrogens is 250 g/mol. The summed E-state index contributed by atoms with van der Waals surface area (Å²) in [7, 11) is 0. The molecule has 0 aromatic heterocycles. The fourth-order valence-electron chi connectivity index (χ4n) is 3.43. The average Bonchev–Trinajstić information content (AvgIpc) is 2.47. The van der Waals surface area contributed by atoms with E-state index < -0.39 is 0 Å². The van der Waals surface area contributed by atoms with Gasteiger partial charge in [-0.05, 0) is 49.8 Å². The molecule has 0 radical (unpaired) electrons. The van der Waals surface area contributed by atoms with Crippen LogP contribution >= 0.6 is 0 Å². The van der Waals surface area contributed by atoms with Gasteiger partial charge < -0.3 is 16.0 Å². The van der Waals surface area contributed by atoms with Crippen molar-refractivity contribution in [1.82, 2.24) is 0 Å². The van der Waals surface area contributed by atoms with Gasteiger partial charge >= 0.3 is 0 Å². The molecule has 108 valence electrons. The molecule has 20 heavy (non-hydrogen) atoms. The molecule has 3 N–H and O–H groups in total. The van der Waals surface area contributed by atoms with Crippen LogP contribution in [0.2, 0.25) is 0 Å². The third-order valence-corrected chi connectivity index (χ3v) is 4.56. The topological polar surface area (TPSA) is 58.4 Å². The van der Waals surface area contributed by atoms with Gasteiger partial charge in [0.05, 0.1) is 11.4 Å². The monoisotopic (exact) mass is 273 g/mol. The molecule has 2 heterocycles. The largest absolute Gasteiger partial charge is 0.397 e. The first-order valence-electron chi connectivity index (χ1n) is 7.68. The van der Waals surface area contributed by atoms with E-state index in [1.165, 1.54) is 19.3 Å². The zero-order valence-electron chi connectivity index (χ0n) is 12.1. The number of fused-ring (bicyclic) bond motifs is 1. The smallest absolute Gasteiger partial charge is 0.224 e. The van der Waals surface area contributed by atoms with Crippen LogP contribution in [0.25, 0.3) is 0 Å². The Morgan fingerprint density at radius 1 is 1.35 bits per heavy atom. The summed E-state index contributed by atoms with van der Waals surface area (Å²) in [6.45, 7) is 3.30. The van der Waals surface area contributed by atoms with Gasteiger partial charge in [-0.15, -0.1) is 0 Å². The van der Waals surface area contributed by atoms with E-state index in [1.807, 2.05) is 6.07 Å². The Hall–Kier alpha value is -1.71. The molecule has 1 aromatic rings. The maximum absolute atomic E-state index is 11.6. The lowest BCUT2D eigenvalue weighted by atomic mass is 9.96. The molecule has 1 aromatic carbocycles. The van der Waals surface area contributed by atoms with Crippen molar-refractivity contribution < 1.29 is 4.79 Å². The van der Waals surface area contributed by atoms with E-state index in [4.69, 9.17) is 5.73 Å². The quantitative estimate of drug-likeness (QED) is 0.815. The minimum absolute atomic E-state index is 0.110. The van der Waals surface area contributed by atoms with Gasteiger partial charge in [-0.2, -0.15) is 0 Å². The number of nitrogens with zero attached hydrogens (tertiary/aromatic N) is 1. The van der Waals surface area contributed by atoms with Crippen molar-refractivity contribution in [1.29, 1.82) is 0 Å². The first-order chi connectivity index (χ1) is 9.69. The highest BCUT2D eigenvalue weighted by molar-refractivity contribution is 5.95. The van der Waals surface area contributed by atoms with E-state index in [9.17, 15) is 4.79 Å². The molecule has 2 aliphatic rings. The number of nitrogens with two attached hydrogens (primary N) is 1. The molecule has 1 saturated heterocycles. The average molecular weight is 273 g/mol. The van der Waals surface area contributed by atoms with E-state index in [0.29, 0.717) is 12.5 Å². The Balaban J connectivity index is 1.96. The molecule has 0 saturated carbocycles. The van der Waals surface area contributed by atoms with Gasteiger partial charge in [0.2, 0.25) is 5.91 Å². The summed E-state index contributed by atoms with van der Waals surface area (Å²) in [5, 5.41) is 2.98. The molecular formula is C16H23N3O. The Morgan fingerprint density at radius 2 is 2.20 bits per heavy atom. The number of hydrogen-bond acceptors (Lipinski definition) is 3. The highest BCUT2D eigenvalue weighted by Crippen LogP contribution is 2.36. The van der Waals surface area contributed by atoms with Crippen LogP contribution in [0.4, 0.5) is 17.1 Å². The second kappa shape index (κ2) is 5.35. The van der Waals surface area contributed by atoms with E-state index in [-0.39, 0.29) is 5.91 Å². The summed E-state index contributed by atoms with van der Waals surface area (Å²) in [4.78, 5) is 14.0. The second-order valence-electron chi connectivity index (χ2n) is 5.87. The van der Waals surface area contributed by atoms with Crippen LogP contribution in [0, 0.1) is 0 Å². The summed E-state index contributed by atoms with van der Waals surface area (Å²) in [6, 6.07) is 4.70. The van der Waals surface area contributed by atoms with Crippen LogP contribution in [0.15, 0.2) is 12.1 Å². The fraction of sp³-hybridized carbons (Fsp3) is 0.562. The molecule has 1 unspecified atom stereocenters. The van der Waals surface area contributed by atoms with Gasteiger partial charge in [-0.1, -0.05) is 6.92 Å². The fourth-order valence-corrected chi connectivity index (χ4v) is 3.43. The third kappa shape index (κ3) is 2.35. The predicted octanol–water partition coefficient (Wildman–Crippen LogP) is 2.92. The molecule has 4 heteroatoms. The SMILES string of the molecule is CCC1CCCCN1c1cc2c(cc1N)CCC(=O)N2. The Bertz CT molecular complexity index is 527. The Kier molecular flexibility index (Phi) is 3.55. The minimum atomic E-state index is 0.110. The predicted molar refractivity (Wildman–Crippen MR) is 83.1 cm³/mol. The highest BCUT2D eigenvalue weighted by Gasteiger charge is 2.25. The molecule has 0 aliphatic carbocycles. The zero-order chi connectivity index (χ0) is 14.1. The standard InChI is InChI=1S/C16H23N3O/c1-2-12-5-3-4-8-19(12)15-10-14-11(9-13(15)17)6-7-16(20)18-14/h9-10,12H,2-8,17H2,1H3,(H,18,20). The number of hydrogen-bond donors (Lipinski definition) is 2. The third-order valence-electron chi connectivity index (χ3n) is 4.56. The maximum Gasteiger partial charge on any atom is 0.224 e. The van der Waals surface area contributed by atoms with E-state index >= 15 is 0 Å². The van der Waals surface area contributed by atoms with Crippen LogP contribution in [-0.4, -0.2) is 18.5 Å². The van der Waals surface area contributed by atoms with Gasteiger partial charge in [0, 0.05) is 24.7 Å². The van der Waals surface area contributed by atoms with Crippen molar-refractivity contribution in [3.8, 4) is 0 Å². The number of carbonyl (C=O) groups is 1. The molecule has 1 amide bonds. The number of carbonyl (C=O) groups excluding carboxylic acids is 1. The number of piperidine rings is 1. The van der Waals surface area contributed by atoms with Crippen molar-refractivity contribution in [2.45, 2.75) is 51.5 Å². The molecule has 4 nitrogen and oxygen atoms in total. The number of anilines is 3. The maximum atomic E-state index is 11.6. The van der Waals surface area contributed by atoms with Crippen LogP contribution in [-0.2, 0) is 11.2 Å². The normalized spacial score (nSPS) is 22.4. The lowest BCUT2D eigenvalue weighted by Crippen LogP contribution is -2.39. The van der Waals surface area contributed by atoms with Crippen LogP contribution in [0.1, 0.15) is 44.6 Å². The summed E-state index contributed by atoms with van der Waals surface area (Å²) >= 11 is 0. The Morgan fingerprint density at radius 3 is 3.00 bits per heavy atom. The first kappa shape index (κ1) is 13.3. The number of rotatable bonds is 2. The van der Waals surface area contributed by atoms with Gasteiger partial charge in [0.1, 0.15) is 0 Å². The minimum Gasteiger partial charge on any atom is -0.397 e. The van der Waals surface area contributed by atoms with Gasteiger partial charge in [0.25, 0.3) is 0 Å². The lowest BCUT2D eigenvalue weighted by molar-refractivity contribution is -0.116. The van der Waals surface area contributed by atoms with Gasteiger partial charge in [-0.25, -0.2) is 0 Å². The zero-order valence-corrected chi connectivity index (χ0v) is 12.1. The molecule has 1 fully saturated rings. The number of nitrogen functional groups attached to an aromatic ring is 1.